The number of hydrogen-bond acceptors (Lipinski definition) is 7. The molecule has 0 amide bonds. The van der Waals surface area contributed by atoms with Crippen molar-refractivity contribution in [2.24, 2.45) is 4.99 Å². The number of aromatic nitrogens is 1. The van der Waals surface area contributed by atoms with E-state index in [1.165, 1.54) is 30.5 Å². The van der Waals surface area contributed by atoms with Crippen LogP contribution in [0.2, 0.25) is 0 Å². The number of nitriles is 1. The Bertz CT molecular complexity index is 1210. The molecule has 1 aromatic carbocycles. The zero-order valence-corrected chi connectivity index (χ0v) is 18.0. The second-order valence-corrected chi connectivity index (χ2v) is 8.80. The number of amidine groups is 1. The van der Waals surface area contributed by atoms with Crippen LogP contribution in [0.4, 0.5) is 17.6 Å². The molecule has 4 rings (SSSR count). The number of carboxylic acid groups (broad SMARTS) is 1. The van der Waals surface area contributed by atoms with E-state index in [0.29, 0.717) is 5.01 Å². The normalized spacial score (nSPS) is 24.8. The highest BCUT2D eigenvalue weighted by atomic mass is 32.1. The van der Waals surface area contributed by atoms with Crippen LogP contribution in [0.25, 0.3) is 0 Å². The highest BCUT2D eigenvalue weighted by Gasteiger charge is 2.49. The summed E-state index contributed by atoms with van der Waals surface area (Å²) in [6.45, 7) is 0.387. The maximum absolute atomic E-state index is 14.1. The molecule has 2 N–H and O–H groups in total. The number of hydrogen-bond donors (Lipinski definition) is 2. The number of rotatable bonds is 5. The number of nitrogens with zero attached hydrogens (tertiary/aromatic N) is 4. The van der Waals surface area contributed by atoms with Gasteiger partial charge in [0.05, 0.1) is 18.2 Å². The summed E-state index contributed by atoms with van der Waals surface area (Å²) in [5.41, 5.74) is -1.25. The third-order valence-corrected chi connectivity index (χ3v) is 6.41. The van der Waals surface area contributed by atoms with E-state index in [4.69, 9.17) is 0 Å². The first-order chi connectivity index (χ1) is 15.5. The lowest BCUT2D eigenvalue weighted by Gasteiger charge is -2.34. The van der Waals surface area contributed by atoms with Gasteiger partial charge in [-0.25, -0.2) is 27.5 Å². The van der Waals surface area contributed by atoms with Crippen LogP contribution in [-0.4, -0.2) is 51.8 Å². The Labute approximate surface area is 189 Å². The van der Waals surface area contributed by atoms with Crippen molar-refractivity contribution in [1.82, 2.24) is 15.2 Å². The van der Waals surface area contributed by atoms with Crippen LogP contribution in [0.1, 0.15) is 23.9 Å². The lowest BCUT2D eigenvalue weighted by Crippen LogP contribution is -2.45. The van der Waals surface area contributed by atoms with Gasteiger partial charge in [0.1, 0.15) is 11.6 Å². The monoisotopic (exact) mass is 479 g/mol. The van der Waals surface area contributed by atoms with Gasteiger partial charge >= 0.3 is 5.97 Å². The molecule has 1 unspecified atom stereocenters. The van der Waals surface area contributed by atoms with Gasteiger partial charge in [-0.05, 0) is 24.6 Å². The molecule has 2 aromatic rings. The number of aliphatic carboxylic acids is 1. The number of carbonyl (C=O) groups is 1. The van der Waals surface area contributed by atoms with Gasteiger partial charge < -0.3 is 10.4 Å². The smallest absolute Gasteiger partial charge is 0.321 e. The fourth-order valence-corrected chi connectivity index (χ4v) is 4.63. The van der Waals surface area contributed by atoms with E-state index in [9.17, 15) is 32.7 Å². The molecule has 1 aromatic heterocycles. The quantitative estimate of drug-likeness (QED) is 0.639. The van der Waals surface area contributed by atoms with Crippen molar-refractivity contribution >= 4 is 23.1 Å². The minimum absolute atomic E-state index is 0.0341. The Hall–Kier alpha value is -3.30. The SMILES string of the molecule is C[C@@]1(c2ccc(F)c(F)c2)N=C(c2nccs2)NC(CN2CC(F)(F)CC2C(=O)O)=C1C#N. The van der Waals surface area contributed by atoms with Crippen LogP contribution in [0, 0.1) is 23.0 Å². The summed E-state index contributed by atoms with van der Waals surface area (Å²) in [7, 11) is 0. The van der Waals surface area contributed by atoms with Crippen molar-refractivity contribution in [3.05, 3.63) is 63.3 Å². The molecule has 0 aliphatic carbocycles. The molecule has 0 bridgehead atoms. The Morgan fingerprint density at radius 2 is 2.15 bits per heavy atom. The summed E-state index contributed by atoms with van der Waals surface area (Å²) >= 11 is 1.22. The molecule has 1 fully saturated rings. The second kappa shape index (κ2) is 8.24. The molecule has 1 saturated heterocycles. The van der Waals surface area contributed by atoms with Crippen LogP contribution in [0.3, 0.4) is 0 Å². The average molecular weight is 479 g/mol. The second-order valence-electron chi connectivity index (χ2n) is 7.91. The molecule has 2 aliphatic heterocycles. The van der Waals surface area contributed by atoms with E-state index in [-0.39, 0.29) is 29.2 Å². The Morgan fingerprint density at radius 1 is 1.39 bits per heavy atom. The zero-order chi connectivity index (χ0) is 24.0. The number of alkyl halides is 2. The van der Waals surface area contributed by atoms with Crippen LogP contribution < -0.4 is 5.32 Å². The lowest BCUT2D eigenvalue weighted by molar-refractivity contribution is -0.142. The van der Waals surface area contributed by atoms with Crippen LogP contribution in [-0.2, 0) is 10.3 Å². The number of thiazole rings is 1. The number of nitrogens with one attached hydrogen (secondary N) is 1. The third kappa shape index (κ3) is 4.21. The fourth-order valence-electron chi connectivity index (χ4n) is 4.05. The largest absolute Gasteiger partial charge is 0.480 e. The van der Waals surface area contributed by atoms with Gasteiger partial charge in [0.2, 0.25) is 0 Å². The van der Waals surface area contributed by atoms with E-state index in [1.807, 2.05) is 6.07 Å². The van der Waals surface area contributed by atoms with E-state index in [0.717, 1.165) is 17.0 Å². The average Bonchev–Trinajstić information content (AvgIpc) is 3.37. The molecule has 2 atom stereocenters. The molecule has 12 heteroatoms. The number of halogens is 4. The highest BCUT2D eigenvalue weighted by molar-refractivity contribution is 7.11. The van der Waals surface area contributed by atoms with Crippen LogP contribution in [0.5, 0.6) is 0 Å². The summed E-state index contributed by atoms with van der Waals surface area (Å²) in [6.07, 6.45) is 0.662. The molecule has 0 saturated carbocycles. The van der Waals surface area contributed by atoms with Crippen LogP contribution >= 0.6 is 11.3 Å². The van der Waals surface area contributed by atoms with Crippen molar-refractivity contribution in [3.63, 3.8) is 0 Å². The van der Waals surface area contributed by atoms with Crippen molar-refractivity contribution in [2.45, 2.75) is 30.8 Å². The van der Waals surface area contributed by atoms with Gasteiger partial charge in [-0.15, -0.1) is 11.3 Å². The fraction of sp³-hybridized carbons (Fsp3) is 0.333. The van der Waals surface area contributed by atoms with Gasteiger partial charge in [-0.3, -0.25) is 9.69 Å². The summed E-state index contributed by atoms with van der Waals surface area (Å²) in [5.74, 6) is -6.63. The van der Waals surface area contributed by atoms with E-state index < -0.39 is 48.1 Å². The summed E-state index contributed by atoms with van der Waals surface area (Å²) < 4.78 is 55.7. The maximum atomic E-state index is 14.1. The predicted molar refractivity (Wildman–Crippen MR) is 111 cm³/mol. The third-order valence-electron chi connectivity index (χ3n) is 5.64. The van der Waals surface area contributed by atoms with Crippen molar-refractivity contribution in [2.75, 3.05) is 13.1 Å². The maximum Gasteiger partial charge on any atom is 0.321 e. The minimum Gasteiger partial charge on any atom is -0.480 e. The first-order valence-electron chi connectivity index (χ1n) is 9.75. The van der Waals surface area contributed by atoms with Crippen molar-refractivity contribution in [1.29, 1.82) is 5.26 Å². The standard InChI is InChI=1S/C21H17F4N5O2S/c1-20(11-2-3-13(22)14(23)6-11)12(8-26)15(28-17(29-20)18-27-4-5-33-18)9-30-10-21(24,25)7-16(30)19(31)32/h2-6,16H,7,9-10H2,1H3,(H,28,29)(H,31,32)/t16?,20-/m0/s1. The number of aliphatic imine (C=N–C) groups is 1. The van der Waals surface area contributed by atoms with E-state index >= 15 is 0 Å². The molecule has 7 nitrogen and oxygen atoms in total. The summed E-state index contributed by atoms with van der Waals surface area (Å²) in [5, 5.41) is 24.4. The van der Waals surface area contributed by atoms with Gasteiger partial charge in [-0.1, -0.05) is 6.07 Å². The number of likely N-dealkylation sites (tertiary alicyclic amines) is 1. The van der Waals surface area contributed by atoms with Gasteiger partial charge in [-0.2, -0.15) is 5.26 Å². The molecule has 33 heavy (non-hydrogen) atoms. The van der Waals surface area contributed by atoms with Crippen molar-refractivity contribution < 1.29 is 27.5 Å². The Balaban J connectivity index is 1.83. The number of benzene rings is 1. The van der Waals surface area contributed by atoms with Crippen molar-refractivity contribution in [3.8, 4) is 6.07 Å². The molecule has 172 valence electrons. The molecular formula is C21H17F4N5O2S. The highest BCUT2D eigenvalue weighted by Crippen LogP contribution is 2.40. The number of carboxylic acids is 1. The first-order valence-corrected chi connectivity index (χ1v) is 10.6. The molecule has 3 heterocycles. The summed E-state index contributed by atoms with van der Waals surface area (Å²) in [4.78, 5) is 21.4. The lowest BCUT2D eigenvalue weighted by atomic mass is 9.82. The van der Waals surface area contributed by atoms with Gasteiger partial charge in [0.25, 0.3) is 5.92 Å². The van der Waals surface area contributed by atoms with Gasteiger partial charge in [0.15, 0.2) is 22.5 Å². The molecule has 0 radical (unpaired) electrons. The molecule has 2 aliphatic rings. The minimum atomic E-state index is -3.21. The molecular weight excluding hydrogens is 462 g/mol. The predicted octanol–water partition coefficient (Wildman–Crippen LogP) is 3.26. The van der Waals surface area contributed by atoms with E-state index in [2.05, 4.69) is 15.3 Å². The summed E-state index contributed by atoms with van der Waals surface area (Å²) in [6, 6.07) is 3.66. The first kappa shape index (κ1) is 22.9. The Morgan fingerprint density at radius 3 is 2.76 bits per heavy atom. The Kier molecular flexibility index (Phi) is 5.71. The van der Waals surface area contributed by atoms with Gasteiger partial charge in [0, 0.05) is 30.2 Å². The zero-order valence-electron chi connectivity index (χ0n) is 17.1. The van der Waals surface area contributed by atoms with E-state index in [1.54, 1.807) is 5.38 Å². The van der Waals surface area contributed by atoms with Crippen LogP contribution in [0.15, 0.2) is 46.0 Å². The topological polar surface area (TPSA) is 102 Å². The molecule has 0 spiro atoms.